The summed E-state index contributed by atoms with van der Waals surface area (Å²) in [5, 5.41) is 3.51. The van der Waals surface area contributed by atoms with Gasteiger partial charge in [0.25, 0.3) is 0 Å². The van der Waals surface area contributed by atoms with Crippen LogP contribution in [-0.4, -0.2) is 38.0 Å². The maximum Gasteiger partial charge on any atom is 0.0638 e. The Kier molecular flexibility index (Phi) is 7.98. The Labute approximate surface area is 101 Å². The minimum absolute atomic E-state index is 0.0915. The fraction of sp³-hybridized carbons (Fsp3) is 1.00. The first-order valence-corrected chi connectivity index (χ1v) is 6.31. The third-order valence-electron chi connectivity index (χ3n) is 2.60. The van der Waals surface area contributed by atoms with Gasteiger partial charge in [-0.2, -0.15) is 0 Å². The summed E-state index contributed by atoms with van der Waals surface area (Å²) in [5.41, 5.74) is -0.0915. The van der Waals surface area contributed by atoms with Gasteiger partial charge >= 0.3 is 0 Å². The summed E-state index contributed by atoms with van der Waals surface area (Å²) in [4.78, 5) is 0. The Morgan fingerprint density at radius 1 is 1.25 bits per heavy atom. The summed E-state index contributed by atoms with van der Waals surface area (Å²) in [6, 6.07) is 0.373. The van der Waals surface area contributed by atoms with Crippen molar-refractivity contribution < 1.29 is 9.47 Å². The van der Waals surface area contributed by atoms with Crippen molar-refractivity contribution in [2.45, 2.75) is 65.2 Å². The second kappa shape index (κ2) is 8.04. The number of ether oxygens (including phenoxy) is 2. The summed E-state index contributed by atoms with van der Waals surface area (Å²) >= 11 is 0. The lowest BCUT2D eigenvalue weighted by Crippen LogP contribution is -2.41. The molecule has 0 fully saturated rings. The van der Waals surface area contributed by atoms with Gasteiger partial charge in [-0.05, 0) is 47.1 Å². The zero-order chi connectivity index (χ0) is 12.6. The van der Waals surface area contributed by atoms with Crippen LogP contribution in [0.3, 0.4) is 0 Å². The van der Waals surface area contributed by atoms with Crippen LogP contribution in [0.2, 0.25) is 0 Å². The van der Waals surface area contributed by atoms with Crippen molar-refractivity contribution >= 4 is 0 Å². The lowest BCUT2D eigenvalue weighted by atomic mass is 9.99. The number of hydrogen-bond donors (Lipinski definition) is 1. The topological polar surface area (TPSA) is 30.5 Å². The summed E-state index contributed by atoms with van der Waals surface area (Å²) < 4.78 is 11.1. The van der Waals surface area contributed by atoms with E-state index in [9.17, 15) is 0 Å². The van der Waals surface area contributed by atoms with Crippen LogP contribution in [-0.2, 0) is 9.47 Å². The van der Waals surface area contributed by atoms with Gasteiger partial charge in [-0.3, -0.25) is 0 Å². The van der Waals surface area contributed by atoms with E-state index in [4.69, 9.17) is 9.47 Å². The van der Waals surface area contributed by atoms with Gasteiger partial charge in [0, 0.05) is 13.2 Å². The van der Waals surface area contributed by atoms with Crippen molar-refractivity contribution in [3.05, 3.63) is 0 Å². The summed E-state index contributed by atoms with van der Waals surface area (Å²) in [6.07, 6.45) is 2.40. The Balaban J connectivity index is 4.08. The van der Waals surface area contributed by atoms with Crippen LogP contribution in [0.4, 0.5) is 0 Å². The molecule has 0 aromatic rings. The van der Waals surface area contributed by atoms with E-state index in [0.717, 1.165) is 26.0 Å². The third kappa shape index (κ3) is 8.08. The quantitative estimate of drug-likeness (QED) is 0.661. The molecule has 0 spiro atoms. The van der Waals surface area contributed by atoms with Crippen LogP contribution < -0.4 is 5.32 Å². The first kappa shape index (κ1) is 15.9. The van der Waals surface area contributed by atoms with Crippen LogP contribution in [0.25, 0.3) is 0 Å². The van der Waals surface area contributed by atoms with Crippen molar-refractivity contribution in [1.29, 1.82) is 0 Å². The molecule has 1 unspecified atom stereocenters. The van der Waals surface area contributed by atoms with E-state index < -0.39 is 0 Å². The van der Waals surface area contributed by atoms with Gasteiger partial charge in [0.2, 0.25) is 0 Å². The normalized spacial score (nSPS) is 14.4. The summed E-state index contributed by atoms with van der Waals surface area (Å²) in [7, 11) is 1.76. The summed E-state index contributed by atoms with van der Waals surface area (Å²) in [5.74, 6) is 0. The predicted octanol–water partition coefficient (Wildman–Crippen LogP) is 2.59. The predicted molar refractivity (Wildman–Crippen MR) is 68.9 cm³/mol. The number of methoxy groups -OCH3 is 1. The highest BCUT2D eigenvalue weighted by Crippen LogP contribution is 2.16. The van der Waals surface area contributed by atoms with Gasteiger partial charge in [-0.25, -0.2) is 0 Å². The molecule has 98 valence electrons. The van der Waals surface area contributed by atoms with Crippen molar-refractivity contribution in [3.63, 3.8) is 0 Å². The zero-order valence-electron chi connectivity index (χ0n) is 11.8. The molecule has 1 atom stereocenters. The van der Waals surface area contributed by atoms with Crippen LogP contribution >= 0.6 is 0 Å². The van der Waals surface area contributed by atoms with Gasteiger partial charge in [0.15, 0.2) is 0 Å². The maximum atomic E-state index is 5.67. The van der Waals surface area contributed by atoms with Crippen molar-refractivity contribution in [1.82, 2.24) is 5.32 Å². The molecule has 3 heteroatoms. The van der Waals surface area contributed by atoms with Crippen molar-refractivity contribution in [2.24, 2.45) is 0 Å². The molecular formula is C13H29NO2. The van der Waals surface area contributed by atoms with E-state index in [0.29, 0.717) is 6.04 Å². The highest BCUT2D eigenvalue weighted by atomic mass is 16.5. The highest BCUT2D eigenvalue weighted by molar-refractivity contribution is 4.78. The Hall–Kier alpha value is -0.120. The fourth-order valence-corrected chi connectivity index (χ4v) is 1.52. The van der Waals surface area contributed by atoms with E-state index in [-0.39, 0.29) is 11.7 Å². The van der Waals surface area contributed by atoms with Crippen LogP contribution in [0.1, 0.15) is 47.5 Å². The molecule has 0 aromatic heterocycles. The Bertz CT molecular complexity index is 169. The minimum atomic E-state index is -0.0915. The average molecular weight is 231 g/mol. The van der Waals surface area contributed by atoms with Gasteiger partial charge in [0.1, 0.15) is 0 Å². The van der Waals surface area contributed by atoms with Crippen molar-refractivity contribution in [3.8, 4) is 0 Å². The maximum absolute atomic E-state index is 5.67. The molecule has 3 nitrogen and oxygen atoms in total. The second-order valence-electron chi connectivity index (χ2n) is 5.20. The van der Waals surface area contributed by atoms with Gasteiger partial charge in [-0.1, -0.05) is 6.92 Å². The highest BCUT2D eigenvalue weighted by Gasteiger charge is 2.22. The van der Waals surface area contributed by atoms with E-state index in [1.54, 1.807) is 7.11 Å². The van der Waals surface area contributed by atoms with E-state index in [2.05, 4.69) is 39.9 Å². The van der Waals surface area contributed by atoms with Crippen LogP contribution in [0.5, 0.6) is 0 Å². The van der Waals surface area contributed by atoms with Crippen molar-refractivity contribution in [2.75, 3.05) is 20.3 Å². The lowest BCUT2D eigenvalue weighted by molar-refractivity contribution is -0.0114. The fourth-order valence-electron chi connectivity index (χ4n) is 1.52. The largest absolute Gasteiger partial charge is 0.379 e. The SMILES string of the molecule is CCCNC(COC(C)C)CC(C)(C)OC. The molecular weight excluding hydrogens is 202 g/mol. The zero-order valence-corrected chi connectivity index (χ0v) is 11.8. The molecule has 0 saturated heterocycles. The van der Waals surface area contributed by atoms with Crippen LogP contribution in [0.15, 0.2) is 0 Å². The molecule has 0 radical (unpaired) electrons. The Morgan fingerprint density at radius 3 is 2.31 bits per heavy atom. The molecule has 0 aromatic carbocycles. The van der Waals surface area contributed by atoms with Gasteiger partial charge in [0.05, 0.1) is 18.3 Å². The van der Waals surface area contributed by atoms with Gasteiger partial charge in [-0.15, -0.1) is 0 Å². The van der Waals surface area contributed by atoms with E-state index in [1.165, 1.54) is 0 Å². The number of hydrogen-bond acceptors (Lipinski definition) is 3. The first-order valence-electron chi connectivity index (χ1n) is 6.31. The molecule has 0 bridgehead atoms. The lowest BCUT2D eigenvalue weighted by Gasteiger charge is -2.29. The first-order chi connectivity index (χ1) is 7.41. The van der Waals surface area contributed by atoms with E-state index in [1.807, 2.05) is 0 Å². The second-order valence-corrected chi connectivity index (χ2v) is 5.20. The Morgan fingerprint density at radius 2 is 1.88 bits per heavy atom. The standard InChI is InChI=1S/C13H29NO2/c1-7-8-14-12(10-16-11(2)3)9-13(4,5)15-6/h11-12,14H,7-10H2,1-6H3. The smallest absolute Gasteiger partial charge is 0.0638 e. The molecule has 0 amide bonds. The molecule has 0 aliphatic carbocycles. The van der Waals surface area contributed by atoms with Crippen LogP contribution in [0, 0.1) is 0 Å². The molecule has 0 aliphatic rings. The number of nitrogens with one attached hydrogen (secondary N) is 1. The monoisotopic (exact) mass is 231 g/mol. The molecule has 0 rings (SSSR count). The number of rotatable bonds is 9. The van der Waals surface area contributed by atoms with Gasteiger partial charge < -0.3 is 14.8 Å². The third-order valence-corrected chi connectivity index (χ3v) is 2.60. The average Bonchev–Trinajstić information content (AvgIpc) is 2.22. The summed E-state index contributed by atoms with van der Waals surface area (Å²) in [6.45, 7) is 12.3. The molecule has 0 heterocycles. The molecule has 0 aliphatic heterocycles. The molecule has 1 N–H and O–H groups in total. The minimum Gasteiger partial charge on any atom is -0.379 e. The van der Waals surface area contributed by atoms with E-state index >= 15 is 0 Å². The molecule has 0 saturated carbocycles. The molecule has 16 heavy (non-hydrogen) atoms.